The number of hydrogen-bond acceptors (Lipinski definition) is 3. The molecule has 1 rings (SSSR count). The van der Waals surface area contributed by atoms with E-state index in [2.05, 4.69) is 10.6 Å². The third kappa shape index (κ3) is 3.80. The van der Waals surface area contributed by atoms with Gasteiger partial charge < -0.3 is 15.7 Å². The molecule has 1 atom stereocenters. The molecule has 1 aliphatic carbocycles. The quantitative estimate of drug-likeness (QED) is 0.600. The average molecular weight is 214 g/mol. The van der Waals surface area contributed by atoms with Gasteiger partial charge in [0.05, 0.1) is 11.6 Å². The van der Waals surface area contributed by atoms with E-state index < -0.39 is 5.60 Å². The molecule has 0 heterocycles. The summed E-state index contributed by atoms with van der Waals surface area (Å²) in [5.74, 6) is 0.0137. The summed E-state index contributed by atoms with van der Waals surface area (Å²) in [6.45, 7) is 5.09. The molecule has 1 unspecified atom stereocenters. The van der Waals surface area contributed by atoms with Gasteiger partial charge in [-0.3, -0.25) is 4.79 Å². The average Bonchev–Trinajstić information content (AvgIpc) is 2.19. The molecule has 4 heteroatoms. The third-order valence-electron chi connectivity index (χ3n) is 2.96. The predicted molar refractivity (Wildman–Crippen MR) is 59.6 cm³/mol. The highest BCUT2D eigenvalue weighted by atomic mass is 16.3. The van der Waals surface area contributed by atoms with Gasteiger partial charge in [-0.1, -0.05) is 6.92 Å². The van der Waals surface area contributed by atoms with Crippen LogP contribution in [0.15, 0.2) is 0 Å². The van der Waals surface area contributed by atoms with Gasteiger partial charge in [0.25, 0.3) is 0 Å². The molecule has 1 aliphatic rings. The summed E-state index contributed by atoms with van der Waals surface area (Å²) < 4.78 is 0. The molecule has 0 aromatic heterocycles. The second kappa shape index (κ2) is 5.47. The number of aliphatic hydroxyl groups is 1. The summed E-state index contributed by atoms with van der Waals surface area (Å²) in [6.07, 6.45) is 3.74. The van der Waals surface area contributed by atoms with Gasteiger partial charge in [-0.05, 0) is 32.6 Å². The maximum Gasteiger partial charge on any atom is 0.236 e. The number of hydrogen-bond donors (Lipinski definition) is 3. The van der Waals surface area contributed by atoms with Crippen molar-refractivity contribution < 1.29 is 9.90 Å². The van der Waals surface area contributed by atoms with E-state index >= 15 is 0 Å². The van der Waals surface area contributed by atoms with Crippen molar-refractivity contribution in [1.29, 1.82) is 0 Å². The van der Waals surface area contributed by atoms with Crippen LogP contribution in [-0.2, 0) is 4.79 Å². The molecule has 3 N–H and O–H groups in total. The highest BCUT2D eigenvalue weighted by Crippen LogP contribution is 2.30. The van der Waals surface area contributed by atoms with E-state index in [1.54, 1.807) is 0 Å². The van der Waals surface area contributed by atoms with Gasteiger partial charge in [-0.25, -0.2) is 0 Å². The van der Waals surface area contributed by atoms with E-state index in [0.717, 1.165) is 32.2 Å². The molecule has 0 radical (unpaired) electrons. The van der Waals surface area contributed by atoms with Gasteiger partial charge in [-0.15, -0.1) is 0 Å². The van der Waals surface area contributed by atoms with Crippen LogP contribution in [0.1, 0.15) is 39.5 Å². The zero-order valence-electron chi connectivity index (χ0n) is 9.68. The van der Waals surface area contributed by atoms with E-state index in [4.69, 9.17) is 0 Å². The zero-order chi connectivity index (χ0) is 11.3. The fourth-order valence-electron chi connectivity index (χ4n) is 1.60. The van der Waals surface area contributed by atoms with Gasteiger partial charge in [0.15, 0.2) is 0 Å². The molecule has 0 aromatic carbocycles. The Kier molecular flexibility index (Phi) is 4.54. The fourth-order valence-corrected chi connectivity index (χ4v) is 1.60. The Bertz CT molecular complexity index is 215. The van der Waals surface area contributed by atoms with Gasteiger partial charge in [0, 0.05) is 13.1 Å². The molecule has 0 aliphatic heterocycles. The van der Waals surface area contributed by atoms with E-state index in [0.29, 0.717) is 6.54 Å². The van der Waals surface area contributed by atoms with Crippen LogP contribution >= 0.6 is 0 Å². The van der Waals surface area contributed by atoms with E-state index in [1.807, 2.05) is 13.8 Å². The molecule has 15 heavy (non-hydrogen) atoms. The van der Waals surface area contributed by atoms with Crippen LogP contribution in [0.25, 0.3) is 0 Å². The lowest BCUT2D eigenvalue weighted by atomic mass is 9.80. The molecule has 0 bridgehead atoms. The molecule has 4 nitrogen and oxygen atoms in total. The number of nitrogens with one attached hydrogen (secondary N) is 2. The minimum atomic E-state index is -0.556. The Morgan fingerprint density at radius 1 is 1.53 bits per heavy atom. The summed E-state index contributed by atoms with van der Waals surface area (Å²) in [5, 5.41) is 15.7. The van der Waals surface area contributed by atoms with Crippen LogP contribution in [0.4, 0.5) is 0 Å². The van der Waals surface area contributed by atoms with Crippen molar-refractivity contribution in [1.82, 2.24) is 10.6 Å². The van der Waals surface area contributed by atoms with E-state index in [-0.39, 0.29) is 11.9 Å². The van der Waals surface area contributed by atoms with E-state index in [9.17, 15) is 9.90 Å². The standard InChI is InChI=1S/C11H22N2O2/c1-3-7-12-10(14)9(2)13-8-11(15)5-4-6-11/h9,13,15H,3-8H2,1-2H3,(H,12,14). The Balaban J connectivity index is 2.17. The van der Waals surface area contributed by atoms with Crippen LogP contribution in [-0.4, -0.2) is 35.7 Å². The predicted octanol–water partition coefficient (Wildman–Crippen LogP) is 0.406. The summed E-state index contributed by atoms with van der Waals surface area (Å²) in [6, 6.07) is -0.221. The van der Waals surface area contributed by atoms with Crippen molar-refractivity contribution in [3.05, 3.63) is 0 Å². The Morgan fingerprint density at radius 2 is 2.20 bits per heavy atom. The van der Waals surface area contributed by atoms with Crippen LogP contribution in [0.5, 0.6) is 0 Å². The fraction of sp³-hybridized carbons (Fsp3) is 0.909. The molecular weight excluding hydrogens is 192 g/mol. The lowest BCUT2D eigenvalue weighted by Crippen LogP contribution is -2.52. The minimum absolute atomic E-state index is 0.0137. The summed E-state index contributed by atoms with van der Waals surface area (Å²) >= 11 is 0. The summed E-state index contributed by atoms with van der Waals surface area (Å²) in [5.41, 5.74) is -0.556. The first-order valence-corrected chi connectivity index (χ1v) is 5.81. The van der Waals surface area contributed by atoms with Crippen LogP contribution in [0.3, 0.4) is 0 Å². The number of carbonyl (C=O) groups excluding carboxylic acids is 1. The highest BCUT2D eigenvalue weighted by Gasteiger charge is 2.34. The van der Waals surface area contributed by atoms with Gasteiger partial charge in [0.1, 0.15) is 0 Å². The number of carbonyl (C=O) groups is 1. The topological polar surface area (TPSA) is 61.4 Å². The van der Waals surface area contributed by atoms with Crippen molar-refractivity contribution in [3.63, 3.8) is 0 Å². The van der Waals surface area contributed by atoms with Crippen molar-refractivity contribution in [2.24, 2.45) is 0 Å². The molecule has 0 spiro atoms. The van der Waals surface area contributed by atoms with Crippen LogP contribution in [0, 0.1) is 0 Å². The molecule has 0 saturated heterocycles. The first-order valence-electron chi connectivity index (χ1n) is 5.81. The Hall–Kier alpha value is -0.610. The maximum absolute atomic E-state index is 11.5. The third-order valence-corrected chi connectivity index (χ3v) is 2.96. The monoisotopic (exact) mass is 214 g/mol. The lowest BCUT2D eigenvalue weighted by Gasteiger charge is -2.37. The maximum atomic E-state index is 11.5. The second-order valence-corrected chi connectivity index (χ2v) is 4.47. The largest absolute Gasteiger partial charge is 0.389 e. The molecule has 1 saturated carbocycles. The molecular formula is C11H22N2O2. The highest BCUT2D eigenvalue weighted by molar-refractivity contribution is 5.81. The SMILES string of the molecule is CCCNC(=O)C(C)NCC1(O)CCC1. The first-order chi connectivity index (χ1) is 7.07. The van der Waals surface area contributed by atoms with Gasteiger partial charge >= 0.3 is 0 Å². The smallest absolute Gasteiger partial charge is 0.236 e. The zero-order valence-corrected chi connectivity index (χ0v) is 9.68. The lowest BCUT2D eigenvalue weighted by molar-refractivity contribution is -0.123. The summed E-state index contributed by atoms with van der Waals surface area (Å²) in [7, 11) is 0. The van der Waals surface area contributed by atoms with Crippen LogP contribution in [0.2, 0.25) is 0 Å². The molecule has 0 aromatic rings. The Morgan fingerprint density at radius 3 is 2.67 bits per heavy atom. The van der Waals surface area contributed by atoms with Crippen molar-refractivity contribution in [2.75, 3.05) is 13.1 Å². The van der Waals surface area contributed by atoms with Crippen molar-refractivity contribution in [2.45, 2.75) is 51.2 Å². The van der Waals surface area contributed by atoms with Crippen LogP contribution < -0.4 is 10.6 Å². The van der Waals surface area contributed by atoms with Crippen molar-refractivity contribution in [3.8, 4) is 0 Å². The van der Waals surface area contributed by atoms with E-state index in [1.165, 1.54) is 0 Å². The minimum Gasteiger partial charge on any atom is -0.389 e. The molecule has 1 amide bonds. The Labute approximate surface area is 91.4 Å². The second-order valence-electron chi connectivity index (χ2n) is 4.47. The molecule has 88 valence electrons. The molecule has 1 fully saturated rings. The van der Waals surface area contributed by atoms with Gasteiger partial charge in [0.2, 0.25) is 5.91 Å². The van der Waals surface area contributed by atoms with Crippen molar-refractivity contribution >= 4 is 5.91 Å². The number of amides is 1. The number of rotatable bonds is 6. The normalized spacial score (nSPS) is 20.5. The first kappa shape index (κ1) is 12.5. The summed E-state index contributed by atoms with van der Waals surface area (Å²) in [4.78, 5) is 11.5. The van der Waals surface area contributed by atoms with Gasteiger partial charge in [-0.2, -0.15) is 0 Å².